The van der Waals surface area contributed by atoms with Crippen molar-refractivity contribution < 1.29 is 14.3 Å². The predicted octanol–water partition coefficient (Wildman–Crippen LogP) is 2.29. The average molecular weight is 337 g/mol. The molecule has 2 aliphatic rings. The average Bonchev–Trinajstić information content (AvgIpc) is 2.77. The summed E-state index contributed by atoms with van der Waals surface area (Å²) in [6.07, 6.45) is 4.39. The largest absolute Gasteiger partial charge is 0.486 e. The van der Waals surface area contributed by atoms with Crippen LogP contribution in [0.25, 0.3) is 6.08 Å². The van der Waals surface area contributed by atoms with E-state index in [1.54, 1.807) is 18.2 Å². The summed E-state index contributed by atoms with van der Waals surface area (Å²) in [5.74, 6) is 1.25. The smallest absolute Gasteiger partial charge is 0.246 e. The molecule has 0 unspecified atom stereocenters. The van der Waals surface area contributed by atoms with Gasteiger partial charge in [0.2, 0.25) is 5.91 Å². The topological polar surface area (TPSA) is 42.0 Å². The molecule has 2 heterocycles. The summed E-state index contributed by atoms with van der Waals surface area (Å²) in [5, 5.41) is 0.505. The lowest BCUT2D eigenvalue weighted by atomic mass is 10.1. The standard InChI is InChI=1S/C17H21ClN2O3/c1-19-5-2-6-20(8-7-19)16(21)4-3-13-11-14(18)17-15(12-13)22-9-10-23-17/h3-4,11-12H,2,5-10H2,1H3. The fourth-order valence-electron chi connectivity index (χ4n) is 2.77. The third-order valence-corrected chi connectivity index (χ3v) is 4.35. The number of rotatable bonds is 2. The van der Waals surface area contributed by atoms with Gasteiger partial charge in [0.1, 0.15) is 13.2 Å². The second kappa shape index (κ2) is 7.23. The maximum absolute atomic E-state index is 12.3. The molecule has 6 heteroatoms. The van der Waals surface area contributed by atoms with Gasteiger partial charge in [0.25, 0.3) is 0 Å². The number of fused-ring (bicyclic) bond motifs is 1. The monoisotopic (exact) mass is 336 g/mol. The van der Waals surface area contributed by atoms with Crippen LogP contribution in [-0.4, -0.2) is 62.1 Å². The van der Waals surface area contributed by atoms with Crippen molar-refractivity contribution in [1.82, 2.24) is 9.80 Å². The van der Waals surface area contributed by atoms with Gasteiger partial charge in [-0.3, -0.25) is 4.79 Å². The Kier molecular flexibility index (Phi) is 5.08. The molecule has 2 aliphatic heterocycles. The molecule has 0 N–H and O–H groups in total. The van der Waals surface area contributed by atoms with Crippen LogP contribution < -0.4 is 9.47 Å². The number of hydrogen-bond acceptors (Lipinski definition) is 4. The minimum Gasteiger partial charge on any atom is -0.486 e. The summed E-state index contributed by atoms with van der Waals surface area (Å²) in [4.78, 5) is 16.5. The molecular weight excluding hydrogens is 316 g/mol. The first kappa shape index (κ1) is 16.1. The molecule has 3 rings (SSSR count). The van der Waals surface area contributed by atoms with Crippen molar-refractivity contribution in [2.45, 2.75) is 6.42 Å². The van der Waals surface area contributed by atoms with E-state index in [-0.39, 0.29) is 5.91 Å². The Morgan fingerprint density at radius 1 is 1.17 bits per heavy atom. The van der Waals surface area contributed by atoms with Gasteiger partial charge in [-0.05, 0) is 43.8 Å². The molecule has 1 aromatic rings. The van der Waals surface area contributed by atoms with Crippen LogP contribution >= 0.6 is 11.6 Å². The second-order valence-corrected chi connectivity index (χ2v) is 6.25. The fourth-order valence-corrected chi connectivity index (χ4v) is 3.04. The molecular formula is C17H21ClN2O3. The van der Waals surface area contributed by atoms with E-state index in [0.29, 0.717) is 29.7 Å². The third-order valence-electron chi connectivity index (χ3n) is 4.07. The Bertz CT molecular complexity index is 618. The molecule has 0 aromatic heterocycles. The maximum atomic E-state index is 12.3. The number of hydrogen-bond donors (Lipinski definition) is 0. The van der Waals surface area contributed by atoms with Crippen molar-refractivity contribution in [3.63, 3.8) is 0 Å². The molecule has 0 saturated carbocycles. The van der Waals surface area contributed by atoms with Gasteiger partial charge >= 0.3 is 0 Å². The van der Waals surface area contributed by atoms with Crippen LogP contribution in [0.5, 0.6) is 11.5 Å². The normalized spacial score (nSPS) is 19.0. The zero-order valence-corrected chi connectivity index (χ0v) is 14.0. The summed E-state index contributed by atoms with van der Waals surface area (Å²) >= 11 is 6.21. The lowest BCUT2D eigenvalue weighted by Gasteiger charge is -2.20. The quantitative estimate of drug-likeness (QED) is 0.777. The van der Waals surface area contributed by atoms with Gasteiger partial charge in [-0.15, -0.1) is 0 Å². The van der Waals surface area contributed by atoms with Gasteiger partial charge in [-0.1, -0.05) is 11.6 Å². The van der Waals surface area contributed by atoms with Crippen molar-refractivity contribution >= 4 is 23.6 Å². The Morgan fingerprint density at radius 3 is 2.87 bits per heavy atom. The van der Waals surface area contributed by atoms with E-state index < -0.39 is 0 Å². The Morgan fingerprint density at radius 2 is 2.00 bits per heavy atom. The molecule has 0 bridgehead atoms. The van der Waals surface area contributed by atoms with Gasteiger partial charge in [-0.2, -0.15) is 0 Å². The first-order valence-electron chi connectivity index (χ1n) is 7.88. The number of benzene rings is 1. The molecule has 1 fully saturated rings. The van der Waals surface area contributed by atoms with Gasteiger partial charge in [0, 0.05) is 25.7 Å². The third kappa shape index (κ3) is 3.98. The molecule has 23 heavy (non-hydrogen) atoms. The summed E-state index contributed by atoms with van der Waals surface area (Å²) < 4.78 is 11.0. The number of nitrogens with zero attached hydrogens (tertiary/aromatic N) is 2. The maximum Gasteiger partial charge on any atom is 0.246 e. The molecule has 0 spiro atoms. The lowest BCUT2D eigenvalue weighted by molar-refractivity contribution is -0.125. The minimum absolute atomic E-state index is 0.0336. The highest BCUT2D eigenvalue weighted by Crippen LogP contribution is 2.38. The van der Waals surface area contributed by atoms with Crippen LogP contribution in [0.15, 0.2) is 18.2 Å². The molecule has 0 aliphatic carbocycles. The van der Waals surface area contributed by atoms with Crippen molar-refractivity contribution in [3.05, 3.63) is 28.8 Å². The van der Waals surface area contributed by atoms with Crippen molar-refractivity contribution in [1.29, 1.82) is 0 Å². The Hall–Kier alpha value is -1.72. The van der Waals surface area contributed by atoms with Gasteiger partial charge in [-0.25, -0.2) is 0 Å². The van der Waals surface area contributed by atoms with E-state index in [1.165, 1.54) is 0 Å². The molecule has 0 radical (unpaired) electrons. The fraction of sp³-hybridized carbons (Fsp3) is 0.471. The number of carbonyl (C=O) groups excluding carboxylic acids is 1. The highest BCUT2D eigenvalue weighted by molar-refractivity contribution is 6.32. The number of ether oxygens (including phenoxy) is 2. The molecule has 1 saturated heterocycles. The first-order chi connectivity index (χ1) is 11.1. The summed E-state index contributed by atoms with van der Waals surface area (Å²) in [6.45, 7) is 4.53. The highest BCUT2D eigenvalue weighted by atomic mass is 35.5. The number of carbonyl (C=O) groups is 1. The molecule has 0 atom stereocenters. The minimum atomic E-state index is 0.0336. The van der Waals surface area contributed by atoms with Crippen LogP contribution in [-0.2, 0) is 4.79 Å². The Balaban J connectivity index is 1.69. The number of likely N-dealkylation sites (N-methyl/N-ethyl adjacent to an activating group) is 1. The van der Waals surface area contributed by atoms with Crippen LogP contribution in [0.1, 0.15) is 12.0 Å². The molecule has 1 aromatic carbocycles. The van der Waals surface area contributed by atoms with Crippen molar-refractivity contribution in [3.8, 4) is 11.5 Å². The van der Waals surface area contributed by atoms with Gasteiger partial charge in [0.15, 0.2) is 11.5 Å². The number of amides is 1. The van der Waals surface area contributed by atoms with E-state index in [9.17, 15) is 4.79 Å². The van der Waals surface area contributed by atoms with Crippen molar-refractivity contribution in [2.24, 2.45) is 0 Å². The predicted molar refractivity (Wildman–Crippen MR) is 90.2 cm³/mol. The first-order valence-corrected chi connectivity index (χ1v) is 8.26. The van der Waals surface area contributed by atoms with Crippen molar-refractivity contribution in [2.75, 3.05) is 46.4 Å². The SMILES string of the molecule is CN1CCCN(C(=O)C=Cc2cc(Cl)c3c(c2)OCCO3)CC1. The molecule has 5 nitrogen and oxygen atoms in total. The van der Waals surface area contributed by atoms with Crippen LogP contribution in [0.4, 0.5) is 0 Å². The summed E-state index contributed by atoms with van der Waals surface area (Å²) in [7, 11) is 2.08. The van der Waals surface area contributed by atoms with E-state index in [2.05, 4.69) is 11.9 Å². The van der Waals surface area contributed by atoms with Gasteiger partial charge < -0.3 is 19.3 Å². The zero-order valence-electron chi connectivity index (χ0n) is 13.3. The number of halogens is 1. The van der Waals surface area contributed by atoms with Crippen LogP contribution in [0, 0.1) is 0 Å². The Labute approximate surface area is 141 Å². The van der Waals surface area contributed by atoms with Crippen LogP contribution in [0.2, 0.25) is 5.02 Å². The van der Waals surface area contributed by atoms with E-state index in [4.69, 9.17) is 21.1 Å². The summed E-state index contributed by atoms with van der Waals surface area (Å²) in [6, 6.07) is 3.63. The molecule has 124 valence electrons. The van der Waals surface area contributed by atoms with Crippen LogP contribution in [0.3, 0.4) is 0 Å². The lowest BCUT2D eigenvalue weighted by Crippen LogP contribution is -2.33. The van der Waals surface area contributed by atoms with E-state index in [0.717, 1.165) is 38.2 Å². The van der Waals surface area contributed by atoms with E-state index >= 15 is 0 Å². The zero-order chi connectivity index (χ0) is 16.2. The molecule has 1 amide bonds. The second-order valence-electron chi connectivity index (χ2n) is 5.84. The van der Waals surface area contributed by atoms with E-state index in [1.807, 2.05) is 11.0 Å². The highest BCUT2D eigenvalue weighted by Gasteiger charge is 2.17. The van der Waals surface area contributed by atoms with Gasteiger partial charge in [0.05, 0.1) is 5.02 Å². The summed E-state index contributed by atoms with van der Waals surface area (Å²) in [5.41, 5.74) is 0.833.